The Morgan fingerprint density at radius 3 is 2.68 bits per heavy atom. The highest BCUT2D eigenvalue weighted by Gasteiger charge is 2.25. The molecule has 0 aromatic heterocycles. The summed E-state index contributed by atoms with van der Waals surface area (Å²) in [7, 11) is 0. The number of carbonyl (C=O) groups is 3. The second-order valence-corrected chi connectivity index (χ2v) is 5.63. The number of para-hydroxylation sites is 1. The van der Waals surface area contributed by atoms with Crippen molar-refractivity contribution >= 4 is 23.2 Å². The summed E-state index contributed by atoms with van der Waals surface area (Å²) in [6, 6.07) is 12.0. The SMILES string of the molecule is CC(=O)c1cc(OCC(=O)Nc2ccccc2)cc2c1OCCC2=O. The van der Waals surface area contributed by atoms with Crippen molar-refractivity contribution in [2.75, 3.05) is 18.5 Å². The van der Waals surface area contributed by atoms with Gasteiger partial charge in [-0.2, -0.15) is 0 Å². The minimum atomic E-state index is -0.337. The van der Waals surface area contributed by atoms with E-state index >= 15 is 0 Å². The van der Waals surface area contributed by atoms with Crippen LogP contribution in [0.1, 0.15) is 34.1 Å². The van der Waals surface area contributed by atoms with Crippen LogP contribution in [0.3, 0.4) is 0 Å². The minimum absolute atomic E-state index is 0.108. The number of benzene rings is 2. The summed E-state index contributed by atoms with van der Waals surface area (Å²) >= 11 is 0. The topological polar surface area (TPSA) is 81.7 Å². The average Bonchev–Trinajstić information content (AvgIpc) is 2.60. The fraction of sp³-hybridized carbons (Fsp3) is 0.211. The summed E-state index contributed by atoms with van der Waals surface area (Å²) in [4.78, 5) is 35.9. The van der Waals surface area contributed by atoms with Crippen LogP contribution in [0.5, 0.6) is 11.5 Å². The van der Waals surface area contributed by atoms with Crippen molar-refractivity contribution < 1.29 is 23.9 Å². The van der Waals surface area contributed by atoms with Gasteiger partial charge in [-0.25, -0.2) is 0 Å². The lowest BCUT2D eigenvalue weighted by molar-refractivity contribution is -0.118. The molecular weight excluding hydrogens is 322 g/mol. The lowest BCUT2D eigenvalue weighted by Gasteiger charge is -2.20. The number of anilines is 1. The average molecular weight is 339 g/mol. The van der Waals surface area contributed by atoms with Gasteiger partial charge in [0.15, 0.2) is 18.2 Å². The van der Waals surface area contributed by atoms with Gasteiger partial charge in [0, 0.05) is 12.1 Å². The lowest BCUT2D eigenvalue weighted by atomic mass is 9.99. The second kappa shape index (κ2) is 7.17. The highest BCUT2D eigenvalue weighted by Crippen LogP contribution is 2.33. The Balaban J connectivity index is 1.75. The van der Waals surface area contributed by atoms with E-state index in [1.807, 2.05) is 18.2 Å². The first-order valence-corrected chi connectivity index (χ1v) is 7.87. The molecule has 0 saturated heterocycles. The lowest BCUT2D eigenvalue weighted by Crippen LogP contribution is -2.21. The van der Waals surface area contributed by atoms with E-state index in [0.717, 1.165) is 0 Å². The van der Waals surface area contributed by atoms with Crippen molar-refractivity contribution in [1.82, 2.24) is 0 Å². The normalized spacial score (nSPS) is 12.8. The molecule has 25 heavy (non-hydrogen) atoms. The van der Waals surface area contributed by atoms with E-state index in [-0.39, 0.29) is 48.4 Å². The fourth-order valence-corrected chi connectivity index (χ4v) is 2.56. The number of ketones is 2. The van der Waals surface area contributed by atoms with Crippen LogP contribution in [0.2, 0.25) is 0 Å². The second-order valence-electron chi connectivity index (χ2n) is 5.63. The first kappa shape index (κ1) is 16.7. The van der Waals surface area contributed by atoms with Crippen LogP contribution in [-0.4, -0.2) is 30.7 Å². The van der Waals surface area contributed by atoms with Gasteiger partial charge in [-0.1, -0.05) is 18.2 Å². The van der Waals surface area contributed by atoms with Gasteiger partial charge < -0.3 is 14.8 Å². The summed E-state index contributed by atoms with van der Waals surface area (Å²) in [5.41, 5.74) is 1.26. The summed E-state index contributed by atoms with van der Waals surface area (Å²) < 4.78 is 10.9. The third kappa shape index (κ3) is 3.85. The maximum atomic E-state index is 12.1. The van der Waals surface area contributed by atoms with Crippen molar-refractivity contribution in [3.05, 3.63) is 53.6 Å². The Hall–Kier alpha value is -3.15. The number of carbonyl (C=O) groups excluding carboxylic acids is 3. The van der Waals surface area contributed by atoms with Gasteiger partial charge >= 0.3 is 0 Å². The highest BCUT2D eigenvalue weighted by atomic mass is 16.5. The number of ether oxygens (including phenoxy) is 2. The number of rotatable bonds is 5. The molecule has 0 fully saturated rings. The monoisotopic (exact) mass is 339 g/mol. The van der Waals surface area contributed by atoms with E-state index < -0.39 is 0 Å². The highest BCUT2D eigenvalue weighted by molar-refractivity contribution is 6.06. The van der Waals surface area contributed by atoms with Gasteiger partial charge in [-0.05, 0) is 31.2 Å². The molecule has 1 heterocycles. The van der Waals surface area contributed by atoms with Crippen molar-refractivity contribution in [2.24, 2.45) is 0 Å². The van der Waals surface area contributed by atoms with Gasteiger partial charge in [0.2, 0.25) is 0 Å². The largest absolute Gasteiger partial charge is 0.492 e. The first-order chi connectivity index (χ1) is 12.0. The Labute approximate surface area is 144 Å². The van der Waals surface area contributed by atoms with Crippen LogP contribution in [-0.2, 0) is 4.79 Å². The summed E-state index contributed by atoms with van der Waals surface area (Å²) in [6.07, 6.45) is 0.252. The van der Waals surface area contributed by atoms with Gasteiger partial charge in [-0.3, -0.25) is 14.4 Å². The number of hydrogen-bond donors (Lipinski definition) is 1. The molecule has 0 aliphatic carbocycles. The maximum absolute atomic E-state index is 12.1. The maximum Gasteiger partial charge on any atom is 0.262 e. The number of Topliss-reactive ketones (excluding diaryl/α,β-unsaturated/α-hetero) is 2. The molecular formula is C19H17NO5. The first-order valence-electron chi connectivity index (χ1n) is 7.87. The van der Waals surface area contributed by atoms with Crippen LogP contribution < -0.4 is 14.8 Å². The van der Waals surface area contributed by atoms with Crippen molar-refractivity contribution in [3.63, 3.8) is 0 Å². The van der Waals surface area contributed by atoms with Gasteiger partial charge in [0.05, 0.1) is 17.7 Å². The van der Waals surface area contributed by atoms with E-state index in [0.29, 0.717) is 17.0 Å². The third-order valence-electron chi connectivity index (χ3n) is 3.75. The molecule has 6 heteroatoms. The molecule has 3 rings (SSSR count). The summed E-state index contributed by atoms with van der Waals surface area (Å²) in [5, 5.41) is 2.70. The zero-order valence-corrected chi connectivity index (χ0v) is 13.7. The standard InChI is InChI=1S/C19H17NO5/c1-12(21)15-9-14(10-16-17(22)7-8-24-19(15)16)25-11-18(23)20-13-5-3-2-4-6-13/h2-6,9-10H,7-8,11H2,1H3,(H,20,23). The summed E-state index contributed by atoms with van der Waals surface area (Å²) in [5.74, 6) is -0.0974. The molecule has 0 bridgehead atoms. The smallest absolute Gasteiger partial charge is 0.262 e. The Morgan fingerprint density at radius 2 is 1.96 bits per heavy atom. The van der Waals surface area contributed by atoms with Crippen LogP contribution >= 0.6 is 0 Å². The molecule has 1 amide bonds. The zero-order chi connectivity index (χ0) is 17.8. The molecule has 0 radical (unpaired) electrons. The number of nitrogens with one attached hydrogen (secondary N) is 1. The predicted octanol–water partition coefficient (Wildman–Crippen LogP) is 2.87. The molecule has 0 atom stereocenters. The third-order valence-corrected chi connectivity index (χ3v) is 3.75. The molecule has 6 nitrogen and oxygen atoms in total. The van der Waals surface area contributed by atoms with Crippen LogP contribution in [0.25, 0.3) is 0 Å². The fourth-order valence-electron chi connectivity index (χ4n) is 2.56. The van der Waals surface area contributed by atoms with Crippen LogP contribution in [0.15, 0.2) is 42.5 Å². The van der Waals surface area contributed by atoms with Crippen molar-refractivity contribution in [1.29, 1.82) is 0 Å². The number of hydrogen-bond acceptors (Lipinski definition) is 5. The Morgan fingerprint density at radius 1 is 1.20 bits per heavy atom. The van der Waals surface area contributed by atoms with E-state index in [1.54, 1.807) is 12.1 Å². The molecule has 1 aliphatic heterocycles. The van der Waals surface area contributed by atoms with E-state index in [4.69, 9.17) is 9.47 Å². The van der Waals surface area contributed by atoms with Gasteiger partial charge in [0.1, 0.15) is 11.5 Å². The number of amides is 1. The van der Waals surface area contributed by atoms with Crippen LogP contribution in [0.4, 0.5) is 5.69 Å². The molecule has 0 spiro atoms. The molecule has 2 aromatic rings. The molecule has 2 aromatic carbocycles. The van der Waals surface area contributed by atoms with Gasteiger partial charge in [0.25, 0.3) is 5.91 Å². The predicted molar refractivity (Wildman–Crippen MR) is 91.5 cm³/mol. The van der Waals surface area contributed by atoms with Gasteiger partial charge in [-0.15, -0.1) is 0 Å². The zero-order valence-electron chi connectivity index (χ0n) is 13.7. The Kier molecular flexibility index (Phi) is 4.79. The van der Waals surface area contributed by atoms with Crippen molar-refractivity contribution in [3.8, 4) is 11.5 Å². The molecule has 0 saturated carbocycles. The van der Waals surface area contributed by atoms with E-state index in [9.17, 15) is 14.4 Å². The molecule has 1 aliphatic rings. The summed E-state index contributed by atoms with van der Waals surface area (Å²) in [6.45, 7) is 1.41. The molecule has 128 valence electrons. The number of fused-ring (bicyclic) bond motifs is 1. The van der Waals surface area contributed by atoms with Crippen LogP contribution in [0, 0.1) is 0 Å². The Bertz CT molecular complexity index is 812. The van der Waals surface area contributed by atoms with E-state index in [1.165, 1.54) is 19.1 Å². The van der Waals surface area contributed by atoms with E-state index in [2.05, 4.69) is 5.32 Å². The minimum Gasteiger partial charge on any atom is -0.492 e. The van der Waals surface area contributed by atoms with Crippen molar-refractivity contribution in [2.45, 2.75) is 13.3 Å². The quantitative estimate of drug-likeness (QED) is 0.847. The molecule has 1 N–H and O–H groups in total. The molecule has 0 unspecified atom stereocenters.